The Morgan fingerprint density at radius 3 is 1.41 bits per heavy atom. The van der Waals surface area contributed by atoms with Crippen molar-refractivity contribution < 1.29 is 0 Å². The average Bonchev–Trinajstić information content (AvgIpc) is 3.70. The Morgan fingerprint density at radius 2 is 0.973 bits per heavy atom. The summed E-state index contributed by atoms with van der Waals surface area (Å²) in [6.07, 6.45) is 0. The summed E-state index contributed by atoms with van der Waals surface area (Å²) in [6, 6.07) is 28.0. The smallest absolute Gasteiger partial charge is 0.125 e. The van der Waals surface area contributed by atoms with E-state index in [4.69, 9.17) is 0 Å². The van der Waals surface area contributed by atoms with Gasteiger partial charge in [-0.1, -0.05) is 36.4 Å². The second-order valence-electron chi connectivity index (χ2n) is 8.25. The third-order valence-electron chi connectivity index (χ3n) is 6.24. The number of thiophene rings is 2. The predicted octanol–water partition coefficient (Wildman–Crippen LogP) is 8.95. The first kappa shape index (κ1) is 21.7. The fraction of sp³-hybridized carbons (Fsp3) is 0. The minimum atomic E-state index is 0.644. The summed E-state index contributed by atoms with van der Waals surface area (Å²) in [5.41, 5.74) is 8.18. The molecule has 9 heteroatoms. The fourth-order valence-electron chi connectivity index (χ4n) is 4.52. The molecule has 0 unspecified atom stereocenters. The zero-order valence-electron chi connectivity index (χ0n) is 18.8. The Bertz CT molecular complexity index is 1840. The van der Waals surface area contributed by atoms with Crippen molar-refractivity contribution >= 4 is 56.8 Å². The van der Waals surface area contributed by atoms with E-state index < -0.39 is 0 Å². The lowest BCUT2D eigenvalue weighted by atomic mass is 9.99. The molecule has 1 aliphatic heterocycles. The minimum Gasteiger partial charge on any atom is -0.192 e. The van der Waals surface area contributed by atoms with Gasteiger partial charge in [-0.05, 0) is 36.4 Å². The zero-order chi connectivity index (χ0) is 24.9. The van der Waals surface area contributed by atoms with Crippen molar-refractivity contribution in [1.82, 2.24) is 8.75 Å². The van der Waals surface area contributed by atoms with E-state index in [0.29, 0.717) is 11.1 Å². The van der Waals surface area contributed by atoms with Gasteiger partial charge in [-0.2, -0.15) is 19.3 Å². The summed E-state index contributed by atoms with van der Waals surface area (Å²) in [5.74, 6) is 0. The molecule has 3 aromatic heterocycles. The summed E-state index contributed by atoms with van der Waals surface area (Å²) in [5, 5.41) is 27.9. The van der Waals surface area contributed by atoms with Crippen LogP contribution in [-0.4, -0.2) is 8.75 Å². The molecule has 0 radical (unpaired) electrons. The lowest BCUT2D eigenvalue weighted by molar-refractivity contribution is 1.15. The van der Waals surface area contributed by atoms with Gasteiger partial charge >= 0.3 is 0 Å². The van der Waals surface area contributed by atoms with Gasteiger partial charge in [-0.15, -0.1) is 32.9 Å². The van der Waals surface area contributed by atoms with Gasteiger partial charge in [0.15, 0.2) is 0 Å². The van der Waals surface area contributed by atoms with E-state index in [1.54, 1.807) is 22.7 Å². The molecule has 6 nitrogen and oxygen atoms in total. The van der Waals surface area contributed by atoms with Crippen LogP contribution in [-0.2, 0) is 0 Å². The lowest BCUT2D eigenvalue weighted by Crippen LogP contribution is -1.90. The molecule has 0 fully saturated rings. The van der Waals surface area contributed by atoms with Crippen molar-refractivity contribution in [3.63, 3.8) is 0 Å². The van der Waals surface area contributed by atoms with Crippen molar-refractivity contribution in [2.45, 2.75) is 0 Å². The highest BCUT2D eigenvalue weighted by Crippen LogP contribution is 2.57. The van der Waals surface area contributed by atoms with E-state index >= 15 is 0 Å². The maximum atomic E-state index is 9.54. The molecule has 0 saturated heterocycles. The van der Waals surface area contributed by atoms with Gasteiger partial charge < -0.3 is 0 Å². The highest BCUT2D eigenvalue weighted by atomic mass is 32.1. The number of fused-ring (bicyclic) bond motifs is 2. The number of hydrogen-bond donors (Lipinski definition) is 0. The van der Waals surface area contributed by atoms with Crippen LogP contribution in [0, 0.1) is 22.7 Å². The van der Waals surface area contributed by atoms with Gasteiger partial charge in [-0.3, -0.25) is 0 Å². The first-order valence-corrected chi connectivity index (χ1v) is 13.6. The Morgan fingerprint density at radius 1 is 0.541 bits per heavy atom. The van der Waals surface area contributed by atoms with E-state index in [0.717, 1.165) is 64.2 Å². The Balaban J connectivity index is 1.37. The molecule has 172 valence electrons. The number of benzene rings is 3. The highest BCUT2D eigenvalue weighted by molar-refractivity contribution is 7.19. The molecule has 0 saturated carbocycles. The monoisotopic (exact) mass is 528 g/mol. The van der Waals surface area contributed by atoms with Crippen LogP contribution in [0.5, 0.6) is 0 Å². The summed E-state index contributed by atoms with van der Waals surface area (Å²) in [4.78, 5) is 4.04. The first-order valence-electron chi connectivity index (χ1n) is 11.2. The van der Waals surface area contributed by atoms with Crippen LogP contribution in [0.4, 0.5) is 11.4 Å². The van der Waals surface area contributed by atoms with Gasteiger partial charge in [0.2, 0.25) is 0 Å². The predicted molar refractivity (Wildman–Crippen MR) is 149 cm³/mol. The quantitative estimate of drug-likeness (QED) is 0.228. The molecule has 37 heavy (non-hydrogen) atoms. The Labute approximate surface area is 223 Å². The second kappa shape index (κ2) is 8.54. The van der Waals surface area contributed by atoms with Crippen LogP contribution in [0.15, 0.2) is 83.0 Å². The molecule has 6 aromatic rings. The Hall–Kier alpha value is -4.54. The summed E-state index contributed by atoms with van der Waals surface area (Å²) in [7, 11) is 0. The maximum Gasteiger partial charge on any atom is 0.125 e. The third kappa shape index (κ3) is 3.34. The summed E-state index contributed by atoms with van der Waals surface area (Å²) in [6.45, 7) is 0. The van der Waals surface area contributed by atoms with Crippen LogP contribution >= 0.6 is 34.4 Å². The molecule has 1 aliphatic rings. The summed E-state index contributed by atoms with van der Waals surface area (Å²) >= 11 is 4.39. The molecule has 0 spiro atoms. The van der Waals surface area contributed by atoms with E-state index in [9.17, 15) is 10.5 Å². The van der Waals surface area contributed by atoms with Gasteiger partial charge in [0.05, 0.1) is 46.1 Å². The van der Waals surface area contributed by atoms with E-state index in [-0.39, 0.29) is 0 Å². The van der Waals surface area contributed by atoms with Gasteiger partial charge in [0, 0.05) is 30.6 Å². The van der Waals surface area contributed by atoms with Crippen molar-refractivity contribution in [1.29, 1.82) is 10.5 Å². The average molecular weight is 529 g/mol. The number of azo groups is 1. The van der Waals surface area contributed by atoms with Crippen LogP contribution in [0.1, 0.15) is 11.1 Å². The minimum absolute atomic E-state index is 0.644. The first-order chi connectivity index (χ1) is 18.3. The molecule has 3 aromatic carbocycles. The molecule has 0 amide bonds. The topological polar surface area (TPSA) is 98.1 Å². The standard InChI is InChI=1S/C28H12N6S3/c29-13-15-5-1-3-7-17(15)19-9-11-21(35-19)23-25-26(32-31-25)24(28-27(23)33-37-34-28)22-12-10-20(36-22)18-8-4-2-6-16(18)14-30/h1-12H. The normalized spacial score (nSPS) is 11.6. The molecule has 0 N–H and O–H groups in total. The second-order valence-corrected chi connectivity index (χ2v) is 10.9. The molecule has 0 bridgehead atoms. The number of aromatic nitrogens is 2. The Kier molecular flexibility index (Phi) is 5.01. The van der Waals surface area contributed by atoms with Gasteiger partial charge in [0.25, 0.3) is 0 Å². The van der Waals surface area contributed by atoms with Crippen molar-refractivity contribution in [3.8, 4) is 53.9 Å². The molecule has 0 atom stereocenters. The van der Waals surface area contributed by atoms with Crippen molar-refractivity contribution in [2.75, 3.05) is 0 Å². The van der Waals surface area contributed by atoms with Crippen LogP contribution in [0.25, 0.3) is 52.8 Å². The molecular weight excluding hydrogens is 517 g/mol. The molecular formula is C28H12N6S3. The largest absolute Gasteiger partial charge is 0.192 e. The van der Waals surface area contributed by atoms with Gasteiger partial charge in [0.1, 0.15) is 22.4 Å². The van der Waals surface area contributed by atoms with Crippen LogP contribution in [0.3, 0.4) is 0 Å². The molecule has 0 aliphatic carbocycles. The highest BCUT2D eigenvalue weighted by Gasteiger charge is 2.30. The number of nitriles is 2. The molecule has 7 rings (SSSR count). The number of hydrogen-bond acceptors (Lipinski definition) is 9. The number of nitrogens with zero attached hydrogens (tertiary/aromatic N) is 6. The summed E-state index contributed by atoms with van der Waals surface area (Å²) < 4.78 is 9.34. The van der Waals surface area contributed by atoms with Crippen LogP contribution < -0.4 is 0 Å². The third-order valence-corrected chi connectivity index (χ3v) is 9.04. The van der Waals surface area contributed by atoms with E-state index in [1.165, 1.54) is 11.7 Å². The molecule has 4 heterocycles. The van der Waals surface area contributed by atoms with E-state index in [1.807, 2.05) is 60.7 Å². The number of rotatable bonds is 4. The van der Waals surface area contributed by atoms with E-state index in [2.05, 4.69) is 43.2 Å². The lowest BCUT2D eigenvalue weighted by Gasteiger charge is -2.16. The SMILES string of the molecule is N#Cc1ccccc1-c1ccc(-c2c3c(c(-c4ccc(-c5ccccc5C#N)s4)c4nsnc24)N=N3)s1. The van der Waals surface area contributed by atoms with Crippen molar-refractivity contribution in [2.24, 2.45) is 10.2 Å². The van der Waals surface area contributed by atoms with Crippen molar-refractivity contribution in [3.05, 3.63) is 83.9 Å². The fourth-order valence-corrected chi connectivity index (χ4v) is 7.26. The maximum absolute atomic E-state index is 9.54. The van der Waals surface area contributed by atoms with Gasteiger partial charge in [-0.25, -0.2) is 0 Å². The van der Waals surface area contributed by atoms with Crippen LogP contribution in [0.2, 0.25) is 0 Å². The zero-order valence-corrected chi connectivity index (χ0v) is 21.3.